The summed E-state index contributed by atoms with van der Waals surface area (Å²) in [5.41, 5.74) is -0.710. The molecular formula is C41H46N4O14. The van der Waals surface area contributed by atoms with Gasteiger partial charge in [-0.15, -0.1) is 0 Å². The van der Waals surface area contributed by atoms with E-state index in [2.05, 4.69) is 15.4 Å². The zero-order valence-corrected chi connectivity index (χ0v) is 33.1. The van der Waals surface area contributed by atoms with Crippen molar-refractivity contribution in [1.82, 2.24) is 15.2 Å². The van der Waals surface area contributed by atoms with Gasteiger partial charge in [-0.05, 0) is 33.8 Å². The molecule has 3 amide bonds. The summed E-state index contributed by atoms with van der Waals surface area (Å²) in [4.78, 5) is 68.0. The van der Waals surface area contributed by atoms with Gasteiger partial charge in [0.15, 0.2) is 24.6 Å². The number of hydrogen-bond acceptors (Lipinski definition) is 16. The van der Waals surface area contributed by atoms with E-state index in [1.165, 1.54) is 32.2 Å². The molecule has 4 heterocycles. The molecule has 18 nitrogen and oxygen atoms in total. The van der Waals surface area contributed by atoms with Gasteiger partial charge in [0.05, 0.1) is 54.4 Å². The lowest BCUT2D eigenvalue weighted by atomic mass is 9.71. The maximum atomic E-state index is 14.2. The maximum Gasteiger partial charge on any atom is 0.253 e. The summed E-state index contributed by atoms with van der Waals surface area (Å²) in [5, 5.41) is 40.6. The van der Waals surface area contributed by atoms with Crippen molar-refractivity contribution in [1.29, 1.82) is 0 Å². The minimum Gasteiger partial charge on any atom is -0.507 e. The Bertz CT molecular complexity index is 2170. The van der Waals surface area contributed by atoms with Gasteiger partial charge in [-0.3, -0.25) is 33.8 Å². The minimum atomic E-state index is -1.97. The molecule has 4 aliphatic heterocycles. The highest BCUT2D eigenvalue weighted by Crippen LogP contribution is 2.53. The largest absolute Gasteiger partial charge is 0.507 e. The number of carbonyl (C=O) groups is 5. The zero-order valence-electron chi connectivity index (χ0n) is 33.1. The van der Waals surface area contributed by atoms with Gasteiger partial charge in [0, 0.05) is 73.7 Å². The lowest BCUT2D eigenvalue weighted by molar-refractivity contribution is -0.269. The van der Waals surface area contributed by atoms with Gasteiger partial charge in [-0.1, -0.05) is 12.1 Å². The van der Waals surface area contributed by atoms with Crippen molar-refractivity contribution in [2.75, 3.05) is 26.8 Å². The number of ketones is 2. The van der Waals surface area contributed by atoms with Gasteiger partial charge in [-0.2, -0.15) is 5.10 Å². The number of nitrogens with zero attached hydrogens (tertiary/aromatic N) is 3. The van der Waals surface area contributed by atoms with Crippen LogP contribution in [0, 0.1) is 0 Å². The number of carbonyl (C=O) groups excluding carboxylic acids is 5. The van der Waals surface area contributed by atoms with Gasteiger partial charge < -0.3 is 43.7 Å². The Morgan fingerprint density at radius 1 is 1.05 bits per heavy atom. The summed E-state index contributed by atoms with van der Waals surface area (Å²) in [6.45, 7) is 7.88. The number of hydrazone groups is 1. The molecule has 0 aromatic heterocycles. The van der Waals surface area contributed by atoms with Crippen LogP contribution >= 0.6 is 0 Å². The van der Waals surface area contributed by atoms with E-state index in [0.29, 0.717) is 13.2 Å². The Labute approximate surface area is 338 Å². The first-order valence-electron chi connectivity index (χ1n) is 19.6. The van der Waals surface area contributed by atoms with E-state index < -0.39 is 95.0 Å². The Morgan fingerprint density at radius 3 is 2.49 bits per heavy atom. The van der Waals surface area contributed by atoms with Crippen LogP contribution in [0.4, 0.5) is 0 Å². The minimum absolute atomic E-state index is 0.0217. The summed E-state index contributed by atoms with van der Waals surface area (Å²) in [6, 6.07) is 4.26. The number of benzene rings is 2. The number of phenolic OH excluding ortho intramolecular Hbond substituents is 2. The number of hydrogen-bond donors (Lipinski definition) is 4. The fraction of sp³-hybridized carbons (Fsp3) is 0.512. The third-order valence-corrected chi connectivity index (χ3v) is 11.8. The van der Waals surface area contributed by atoms with E-state index in [0.717, 1.165) is 17.1 Å². The Hall–Kier alpha value is -5.08. The molecule has 59 heavy (non-hydrogen) atoms. The standard InChI is InChI=1S/C41H46N4O14/c1-18(2)56-40-39-44(13-14-55-40)23-15-29(57-19(3)38(23)59-39)58-25-17-41(53,20(4)42-43-26(46)11-12-45-27(47)9-10-28(45)48)16-22-31(25)37(52)33-32(35(22)50)34(49)21-7-6-8-24(54-5)30(21)36(33)51/h6-10,18-19,23,25,29,38-40,50,52-53H,11-17H2,1-5H3,(H,43,46)/b42-20+/t19-,23-,25-,29-,38+,39+,40+,41-/m0/s1. The highest BCUT2D eigenvalue weighted by atomic mass is 16.7. The number of amides is 3. The molecule has 18 heteroatoms. The molecule has 4 N–H and O–H groups in total. The second-order valence-electron chi connectivity index (χ2n) is 15.8. The predicted molar refractivity (Wildman–Crippen MR) is 203 cm³/mol. The maximum absolute atomic E-state index is 14.2. The van der Waals surface area contributed by atoms with Crippen molar-refractivity contribution < 1.29 is 67.7 Å². The van der Waals surface area contributed by atoms with E-state index in [-0.39, 0.29) is 77.8 Å². The molecular weight excluding hydrogens is 772 g/mol. The average Bonchev–Trinajstić information content (AvgIpc) is 3.74. The van der Waals surface area contributed by atoms with Crippen LogP contribution in [0.2, 0.25) is 0 Å². The normalized spacial score (nSPS) is 30.3. The molecule has 3 fully saturated rings. The van der Waals surface area contributed by atoms with Gasteiger partial charge in [0.2, 0.25) is 11.7 Å². The van der Waals surface area contributed by atoms with Gasteiger partial charge in [0.1, 0.15) is 29.0 Å². The number of nitrogens with one attached hydrogen (secondary N) is 1. The third-order valence-electron chi connectivity index (χ3n) is 11.8. The lowest BCUT2D eigenvalue weighted by Gasteiger charge is -2.44. The van der Waals surface area contributed by atoms with Gasteiger partial charge in [-0.25, -0.2) is 5.43 Å². The molecule has 314 valence electrons. The van der Waals surface area contributed by atoms with E-state index in [9.17, 15) is 39.3 Å². The highest BCUT2D eigenvalue weighted by Gasteiger charge is 2.55. The molecule has 2 aromatic carbocycles. The number of phenols is 2. The monoisotopic (exact) mass is 818 g/mol. The number of aliphatic hydroxyl groups is 1. The molecule has 6 aliphatic rings. The lowest BCUT2D eigenvalue weighted by Crippen LogP contribution is -2.55. The Morgan fingerprint density at radius 2 is 1.78 bits per heavy atom. The van der Waals surface area contributed by atoms with E-state index >= 15 is 0 Å². The van der Waals surface area contributed by atoms with Gasteiger partial charge in [0.25, 0.3) is 11.8 Å². The SMILES string of the molecule is COc1cccc2c1C(=O)c1c(O)c3c(c(O)c1C2=O)C[C@@](O)(/C(C)=N/NC(=O)CCN1C(=O)C=CC1=O)C[C@@H]3O[C@H]1C[C@H]2[C@H](O[C@@H]3[C@@H](OC(C)C)OCCN32)[C@H](C)O1. The first-order chi connectivity index (χ1) is 28.1. The van der Waals surface area contributed by atoms with Crippen LogP contribution in [-0.4, -0.2) is 136 Å². The summed E-state index contributed by atoms with van der Waals surface area (Å²) in [6.07, 6.45) is -2.82. The fourth-order valence-corrected chi connectivity index (χ4v) is 8.97. The molecule has 0 radical (unpaired) electrons. The number of methoxy groups -OCH3 is 1. The van der Waals surface area contributed by atoms with Crippen molar-refractivity contribution in [3.05, 3.63) is 63.7 Å². The van der Waals surface area contributed by atoms with Crippen LogP contribution < -0.4 is 10.2 Å². The summed E-state index contributed by atoms with van der Waals surface area (Å²) in [7, 11) is 1.35. The van der Waals surface area contributed by atoms with Crippen molar-refractivity contribution >= 4 is 35.0 Å². The smallest absolute Gasteiger partial charge is 0.253 e. The number of morpholine rings is 1. The number of rotatable bonds is 10. The number of fused-ring (bicyclic) bond motifs is 6. The van der Waals surface area contributed by atoms with Crippen LogP contribution in [0.25, 0.3) is 0 Å². The first kappa shape index (κ1) is 40.7. The first-order valence-corrected chi connectivity index (χ1v) is 19.6. The van der Waals surface area contributed by atoms with Crippen LogP contribution in [0.15, 0.2) is 35.5 Å². The predicted octanol–water partition coefficient (Wildman–Crippen LogP) is 1.74. The number of aromatic hydroxyl groups is 2. The molecule has 8 rings (SSSR count). The Kier molecular flexibility index (Phi) is 10.7. The molecule has 2 aromatic rings. The number of ether oxygens (including phenoxy) is 6. The number of imide groups is 1. The van der Waals surface area contributed by atoms with Crippen molar-refractivity contribution in [3.63, 3.8) is 0 Å². The second-order valence-corrected chi connectivity index (χ2v) is 15.8. The summed E-state index contributed by atoms with van der Waals surface area (Å²) in [5.74, 6) is -4.36. The highest BCUT2D eigenvalue weighted by molar-refractivity contribution is 6.31. The molecule has 3 saturated heterocycles. The van der Waals surface area contributed by atoms with E-state index in [1.54, 1.807) is 0 Å². The van der Waals surface area contributed by atoms with Crippen LogP contribution in [0.1, 0.15) is 96.0 Å². The van der Waals surface area contributed by atoms with Crippen molar-refractivity contribution in [2.24, 2.45) is 5.10 Å². The molecule has 2 aliphatic carbocycles. The van der Waals surface area contributed by atoms with E-state index in [4.69, 9.17) is 28.4 Å². The van der Waals surface area contributed by atoms with Crippen LogP contribution in [0.3, 0.4) is 0 Å². The summed E-state index contributed by atoms with van der Waals surface area (Å²) >= 11 is 0. The second kappa shape index (κ2) is 15.5. The molecule has 0 unspecified atom stereocenters. The zero-order chi connectivity index (χ0) is 42.1. The van der Waals surface area contributed by atoms with Gasteiger partial charge >= 0.3 is 0 Å². The van der Waals surface area contributed by atoms with Crippen LogP contribution in [0.5, 0.6) is 17.2 Å². The molecule has 0 bridgehead atoms. The Balaban J connectivity index is 1.13. The molecule has 0 saturated carbocycles. The average molecular weight is 819 g/mol. The molecule has 8 atom stereocenters. The van der Waals surface area contributed by atoms with Crippen molar-refractivity contribution in [2.45, 2.75) is 108 Å². The van der Waals surface area contributed by atoms with Crippen molar-refractivity contribution in [3.8, 4) is 17.2 Å². The third kappa shape index (κ3) is 7.01. The quantitative estimate of drug-likeness (QED) is 0.0988. The fourth-order valence-electron chi connectivity index (χ4n) is 8.97. The molecule has 0 spiro atoms. The summed E-state index contributed by atoms with van der Waals surface area (Å²) < 4.78 is 36.8. The topological polar surface area (TPSA) is 232 Å². The van der Waals surface area contributed by atoms with E-state index in [1.807, 2.05) is 20.8 Å². The van der Waals surface area contributed by atoms with Crippen LogP contribution in [-0.2, 0) is 44.5 Å².